The van der Waals surface area contributed by atoms with Gasteiger partial charge in [-0.3, -0.25) is 9.59 Å². The van der Waals surface area contributed by atoms with Crippen molar-refractivity contribution in [2.45, 2.75) is 24.1 Å². The molecule has 14 heteroatoms. The van der Waals surface area contributed by atoms with Crippen LogP contribution in [-0.4, -0.2) is 61.6 Å². The van der Waals surface area contributed by atoms with E-state index in [-0.39, 0.29) is 52.8 Å². The molecule has 0 fully saturated rings. The number of hydrogen-bond acceptors (Lipinski definition) is 7. The third-order valence-electron chi connectivity index (χ3n) is 6.89. The molecule has 0 spiro atoms. The summed E-state index contributed by atoms with van der Waals surface area (Å²) in [6.07, 6.45) is -5.38. The second-order valence-corrected chi connectivity index (χ2v) is 9.67. The van der Waals surface area contributed by atoms with E-state index in [0.717, 1.165) is 18.2 Å². The molecule has 42 heavy (non-hydrogen) atoms. The molecule has 2 aromatic carbocycles. The maximum Gasteiger partial charge on any atom is 0.424 e. The molecule has 9 nitrogen and oxygen atoms in total. The number of alkyl halides is 4. The number of primary amides is 1. The van der Waals surface area contributed by atoms with Crippen LogP contribution in [0.3, 0.4) is 0 Å². The van der Waals surface area contributed by atoms with Crippen molar-refractivity contribution < 1.29 is 50.9 Å². The van der Waals surface area contributed by atoms with Crippen molar-refractivity contribution in [2.75, 3.05) is 33.5 Å². The van der Waals surface area contributed by atoms with Crippen molar-refractivity contribution >= 4 is 11.8 Å². The maximum absolute atomic E-state index is 14.5. The molecule has 2 amide bonds. The molecule has 0 saturated carbocycles. The fourth-order valence-corrected chi connectivity index (χ4v) is 4.33. The SMILES string of the molecule is COc1cc(C(=O)NC[C@](O)(c2cc3c(c(-c4ccc(F)cc4)n2)OC[C@@]3(C)C(N)=O)C(F)(F)F)ccc1OCCF. The third-order valence-corrected chi connectivity index (χ3v) is 6.89. The first-order chi connectivity index (χ1) is 19.7. The quantitative estimate of drug-likeness (QED) is 0.306. The molecule has 1 aliphatic rings. The smallest absolute Gasteiger partial charge is 0.424 e. The summed E-state index contributed by atoms with van der Waals surface area (Å²) in [5, 5.41) is 13.2. The number of carbonyl (C=O) groups excluding carboxylic acids is 2. The van der Waals surface area contributed by atoms with Crippen molar-refractivity contribution in [3.05, 3.63) is 71.2 Å². The van der Waals surface area contributed by atoms with Crippen molar-refractivity contribution in [2.24, 2.45) is 5.73 Å². The molecule has 1 aromatic heterocycles. The number of pyridine rings is 1. The number of aliphatic hydroxyl groups is 1. The van der Waals surface area contributed by atoms with Gasteiger partial charge in [-0.2, -0.15) is 13.2 Å². The van der Waals surface area contributed by atoms with Crippen molar-refractivity contribution in [3.8, 4) is 28.5 Å². The van der Waals surface area contributed by atoms with Crippen LogP contribution in [0.15, 0.2) is 48.5 Å². The number of amides is 2. The minimum atomic E-state index is -5.38. The van der Waals surface area contributed by atoms with Gasteiger partial charge in [0.25, 0.3) is 5.91 Å². The lowest BCUT2D eigenvalue weighted by Crippen LogP contribution is -2.51. The van der Waals surface area contributed by atoms with Gasteiger partial charge < -0.3 is 30.4 Å². The highest BCUT2D eigenvalue weighted by atomic mass is 19.4. The van der Waals surface area contributed by atoms with Crippen LogP contribution < -0.4 is 25.3 Å². The average molecular weight is 596 g/mol. The first-order valence-electron chi connectivity index (χ1n) is 12.4. The van der Waals surface area contributed by atoms with Gasteiger partial charge in [0.15, 0.2) is 11.5 Å². The van der Waals surface area contributed by atoms with E-state index in [1.165, 1.54) is 44.4 Å². The normalized spacial score (nSPS) is 17.5. The van der Waals surface area contributed by atoms with E-state index in [1.807, 2.05) is 0 Å². The van der Waals surface area contributed by atoms with Crippen LogP contribution in [0.25, 0.3) is 11.3 Å². The fraction of sp³-hybridized carbons (Fsp3) is 0.321. The Morgan fingerprint density at radius 3 is 2.43 bits per heavy atom. The minimum Gasteiger partial charge on any atom is -0.493 e. The van der Waals surface area contributed by atoms with Crippen molar-refractivity contribution in [1.29, 1.82) is 0 Å². The molecular formula is C28H26F5N3O6. The third kappa shape index (κ3) is 5.53. The zero-order valence-corrected chi connectivity index (χ0v) is 22.4. The number of hydrogen-bond donors (Lipinski definition) is 3. The maximum atomic E-state index is 14.5. The van der Waals surface area contributed by atoms with Gasteiger partial charge in [-0.1, -0.05) is 0 Å². The Hall–Kier alpha value is -4.46. The summed E-state index contributed by atoms with van der Waals surface area (Å²) in [5.41, 5.74) is -1.02. The number of carbonyl (C=O) groups is 2. The fourth-order valence-electron chi connectivity index (χ4n) is 4.33. The van der Waals surface area contributed by atoms with E-state index in [0.29, 0.717) is 0 Å². The Kier molecular flexibility index (Phi) is 8.30. The molecule has 0 saturated heterocycles. The molecule has 3 aromatic rings. The van der Waals surface area contributed by atoms with E-state index in [2.05, 4.69) is 10.3 Å². The van der Waals surface area contributed by atoms with Crippen LogP contribution in [0.1, 0.15) is 28.5 Å². The Bertz CT molecular complexity index is 1500. The number of nitrogens with two attached hydrogens (primary N) is 1. The lowest BCUT2D eigenvalue weighted by atomic mass is 9.81. The molecule has 4 rings (SSSR count). The molecule has 2 heterocycles. The number of nitrogens with one attached hydrogen (secondary N) is 1. The van der Waals surface area contributed by atoms with E-state index in [9.17, 15) is 36.6 Å². The van der Waals surface area contributed by atoms with Crippen molar-refractivity contribution in [1.82, 2.24) is 10.3 Å². The standard InChI is InChI=1S/C28H26F5N3O6/c1-26(25(34)38)14-42-23-18(26)12-21(36-22(23)15-3-6-17(30)7-4-15)27(39,28(31,32)33)13-35-24(37)16-5-8-19(41-10-9-29)20(11-16)40-2/h3-8,11-12,39H,9-10,13-14H2,1-2H3,(H2,34,38)(H,35,37)/t26-,27+/m1/s1. The molecule has 0 unspecified atom stereocenters. The van der Waals surface area contributed by atoms with E-state index in [1.54, 1.807) is 0 Å². The van der Waals surface area contributed by atoms with Crippen molar-refractivity contribution in [3.63, 3.8) is 0 Å². The lowest BCUT2D eigenvalue weighted by Gasteiger charge is -2.31. The second-order valence-electron chi connectivity index (χ2n) is 9.67. The predicted molar refractivity (Wildman–Crippen MR) is 138 cm³/mol. The lowest BCUT2D eigenvalue weighted by molar-refractivity contribution is -0.265. The Labute approximate surface area is 236 Å². The number of benzene rings is 2. The number of rotatable bonds is 10. The number of nitrogens with zero attached hydrogens (tertiary/aromatic N) is 1. The molecule has 0 aliphatic carbocycles. The van der Waals surface area contributed by atoms with Crippen LogP contribution in [-0.2, 0) is 15.8 Å². The Morgan fingerprint density at radius 1 is 1.14 bits per heavy atom. The summed E-state index contributed by atoms with van der Waals surface area (Å²) >= 11 is 0. The second kappa shape index (κ2) is 11.4. The van der Waals surface area contributed by atoms with Gasteiger partial charge >= 0.3 is 6.18 Å². The van der Waals surface area contributed by atoms with Crippen LogP contribution in [0.4, 0.5) is 22.0 Å². The number of methoxy groups -OCH3 is 1. The molecule has 2 atom stereocenters. The van der Waals surface area contributed by atoms with Gasteiger partial charge in [0, 0.05) is 16.7 Å². The van der Waals surface area contributed by atoms with Gasteiger partial charge in [0.05, 0.1) is 19.3 Å². The summed E-state index contributed by atoms with van der Waals surface area (Å²) in [6.45, 7) is -1.41. The highest BCUT2D eigenvalue weighted by Gasteiger charge is 2.57. The highest BCUT2D eigenvalue weighted by Crippen LogP contribution is 2.47. The number of fused-ring (bicyclic) bond motifs is 1. The summed E-state index contributed by atoms with van der Waals surface area (Å²) in [7, 11) is 1.25. The van der Waals surface area contributed by atoms with Crippen LogP contribution in [0, 0.1) is 5.82 Å². The highest BCUT2D eigenvalue weighted by molar-refractivity contribution is 5.95. The first-order valence-corrected chi connectivity index (χ1v) is 12.4. The summed E-state index contributed by atoms with van der Waals surface area (Å²) < 4.78 is 85.6. The summed E-state index contributed by atoms with van der Waals surface area (Å²) in [4.78, 5) is 29.2. The zero-order valence-electron chi connectivity index (χ0n) is 22.4. The number of aromatic nitrogens is 1. The van der Waals surface area contributed by atoms with E-state index < -0.39 is 53.7 Å². The summed E-state index contributed by atoms with van der Waals surface area (Å²) in [5.74, 6) is -2.46. The first kappa shape index (κ1) is 30.5. The molecule has 224 valence electrons. The van der Waals surface area contributed by atoms with Crippen LogP contribution in [0.5, 0.6) is 17.2 Å². The van der Waals surface area contributed by atoms with E-state index >= 15 is 0 Å². The predicted octanol–water partition coefficient (Wildman–Crippen LogP) is 3.56. The molecule has 0 bridgehead atoms. The van der Waals surface area contributed by atoms with Gasteiger partial charge in [-0.05, 0) is 55.5 Å². The largest absolute Gasteiger partial charge is 0.493 e. The molecule has 4 N–H and O–H groups in total. The average Bonchev–Trinajstić information content (AvgIpc) is 3.31. The monoisotopic (exact) mass is 595 g/mol. The van der Waals surface area contributed by atoms with E-state index in [4.69, 9.17) is 19.9 Å². The van der Waals surface area contributed by atoms with Gasteiger partial charge in [-0.25, -0.2) is 13.8 Å². The summed E-state index contributed by atoms with van der Waals surface area (Å²) in [6, 6.07) is 9.12. The number of halogens is 5. The Morgan fingerprint density at radius 2 is 1.83 bits per heavy atom. The topological polar surface area (TPSA) is 133 Å². The van der Waals surface area contributed by atoms with Crippen LogP contribution in [0.2, 0.25) is 0 Å². The molecule has 0 radical (unpaired) electrons. The molecular weight excluding hydrogens is 569 g/mol. The zero-order chi connectivity index (χ0) is 30.9. The molecule has 1 aliphatic heterocycles. The van der Waals surface area contributed by atoms with Gasteiger partial charge in [0.1, 0.15) is 42.6 Å². The van der Waals surface area contributed by atoms with Crippen LogP contribution >= 0.6 is 0 Å². The van der Waals surface area contributed by atoms with Gasteiger partial charge in [0.2, 0.25) is 11.5 Å². The number of ether oxygens (including phenoxy) is 3. The Balaban J connectivity index is 1.76. The van der Waals surface area contributed by atoms with Gasteiger partial charge in [-0.15, -0.1) is 0 Å². The minimum absolute atomic E-state index is 0.0251.